The van der Waals surface area contributed by atoms with Crippen molar-refractivity contribution in [3.8, 4) is 5.75 Å². The highest BCUT2D eigenvalue weighted by Gasteiger charge is 2.56. The number of rotatable bonds is 8. The third-order valence-electron chi connectivity index (χ3n) is 6.49. The molecule has 2 aliphatic rings. The molecule has 1 aromatic carbocycles. The van der Waals surface area contributed by atoms with Crippen LogP contribution in [0.15, 0.2) is 47.5 Å². The van der Waals surface area contributed by atoms with E-state index in [0.29, 0.717) is 35.6 Å². The first kappa shape index (κ1) is 22.9. The number of nitrogens with zero attached hydrogens (tertiary/aromatic N) is 5. The summed E-state index contributed by atoms with van der Waals surface area (Å²) in [7, 11) is 1.90. The van der Waals surface area contributed by atoms with Gasteiger partial charge in [-0.05, 0) is 35.4 Å². The first-order valence-corrected chi connectivity index (χ1v) is 11.9. The Morgan fingerprint density at radius 1 is 1.26 bits per heavy atom. The number of piperidine rings is 1. The normalized spacial score (nSPS) is 21.9. The van der Waals surface area contributed by atoms with E-state index in [9.17, 15) is 18.0 Å². The highest BCUT2D eigenvalue weighted by Crippen LogP contribution is 2.52. The number of aryl methyl sites for hydroxylation is 1. The first-order valence-electron chi connectivity index (χ1n) is 11.0. The minimum atomic E-state index is -4.76. The molecular weight excluding hydrogens is 467 g/mol. The number of hydrogen-bond acceptors (Lipinski definition) is 6. The van der Waals surface area contributed by atoms with E-state index < -0.39 is 6.36 Å². The van der Waals surface area contributed by atoms with Crippen LogP contribution in [0.4, 0.5) is 13.2 Å². The smallest absolute Gasteiger partial charge is 0.406 e. The van der Waals surface area contributed by atoms with Crippen molar-refractivity contribution in [1.82, 2.24) is 24.6 Å². The molecule has 1 aliphatic carbocycles. The zero-order chi connectivity index (χ0) is 23.9. The van der Waals surface area contributed by atoms with Gasteiger partial charge in [0.15, 0.2) is 0 Å². The second kappa shape index (κ2) is 9.03. The maximum absolute atomic E-state index is 13.2. The van der Waals surface area contributed by atoms with Gasteiger partial charge in [0.05, 0.1) is 11.7 Å². The van der Waals surface area contributed by atoms with Crippen LogP contribution in [0.5, 0.6) is 5.75 Å². The van der Waals surface area contributed by atoms with Crippen LogP contribution >= 0.6 is 11.3 Å². The number of thiazole rings is 1. The number of carbonyl (C=O) groups excluding carboxylic acids is 1. The van der Waals surface area contributed by atoms with Crippen LogP contribution in [0.1, 0.15) is 21.6 Å². The second-order valence-corrected chi connectivity index (χ2v) is 9.68. The number of hydrogen-bond donors (Lipinski definition) is 0. The van der Waals surface area contributed by atoms with E-state index in [-0.39, 0.29) is 18.2 Å². The zero-order valence-corrected chi connectivity index (χ0v) is 19.3. The third kappa shape index (κ3) is 5.25. The molecule has 11 heteroatoms. The number of benzene rings is 1. The predicted octanol–water partition coefficient (Wildman–Crippen LogP) is 3.80. The number of amides is 1. The molecule has 0 spiro atoms. The Morgan fingerprint density at radius 3 is 2.71 bits per heavy atom. The number of fused-ring (bicyclic) bond motifs is 1. The van der Waals surface area contributed by atoms with Gasteiger partial charge in [0, 0.05) is 56.9 Å². The van der Waals surface area contributed by atoms with Crippen LogP contribution in [0.3, 0.4) is 0 Å². The molecule has 1 saturated carbocycles. The van der Waals surface area contributed by atoms with Crippen molar-refractivity contribution in [3.05, 3.63) is 64.4 Å². The summed E-state index contributed by atoms with van der Waals surface area (Å²) in [6, 6.07) is 5.79. The monoisotopic (exact) mass is 491 g/mol. The average molecular weight is 492 g/mol. The van der Waals surface area contributed by atoms with Crippen molar-refractivity contribution in [1.29, 1.82) is 0 Å². The Bertz CT molecular complexity index is 1140. The molecule has 1 aliphatic heterocycles. The molecule has 0 bridgehead atoms. The summed E-state index contributed by atoms with van der Waals surface area (Å²) in [6.07, 6.45) is -0.861. The summed E-state index contributed by atoms with van der Waals surface area (Å²) in [5.41, 5.74) is 3.72. The minimum Gasteiger partial charge on any atom is -0.406 e. The lowest BCUT2D eigenvalue weighted by atomic mass is 10.1. The van der Waals surface area contributed by atoms with Gasteiger partial charge < -0.3 is 9.64 Å². The van der Waals surface area contributed by atoms with E-state index in [4.69, 9.17) is 0 Å². The average Bonchev–Trinajstić information content (AvgIpc) is 3.28. The van der Waals surface area contributed by atoms with Gasteiger partial charge in [0.2, 0.25) is 0 Å². The van der Waals surface area contributed by atoms with E-state index in [0.717, 1.165) is 19.6 Å². The van der Waals surface area contributed by atoms with Crippen molar-refractivity contribution in [3.63, 3.8) is 0 Å². The summed E-state index contributed by atoms with van der Waals surface area (Å²) in [4.78, 5) is 21.4. The molecule has 2 fully saturated rings. The van der Waals surface area contributed by atoms with E-state index >= 15 is 0 Å². The molecular formula is C23H24F3N5O2S. The fraction of sp³-hybridized carbons (Fsp3) is 0.435. The Hall–Kier alpha value is -2.92. The number of carbonyl (C=O) groups is 1. The van der Waals surface area contributed by atoms with Crippen LogP contribution in [0, 0.1) is 17.8 Å². The van der Waals surface area contributed by atoms with Gasteiger partial charge in [-0.2, -0.15) is 5.10 Å². The van der Waals surface area contributed by atoms with Gasteiger partial charge in [-0.1, -0.05) is 12.1 Å². The molecule has 0 radical (unpaired) electrons. The van der Waals surface area contributed by atoms with Crippen LogP contribution in [0.25, 0.3) is 0 Å². The van der Waals surface area contributed by atoms with Gasteiger partial charge >= 0.3 is 6.36 Å². The minimum absolute atomic E-state index is 0.195. The third-order valence-corrected chi connectivity index (χ3v) is 7.07. The Balaban J connectivity index is 1.24. The van der Waals surface area contributed by atoms with Crippen LogP contribution in [0.2, 0.25) is 0 Å². The Kier molecular flexibility index (Phi) is 6.07. The topological polar surface area (TPSA) is 63.5 Å². The lowest BCUT2D eigenvalue weighted by molar-refractivity contribution is -0.274. The van der Waals surface area contributed by atoms with E-state index in [2.05, 4.69) is 19.7 Å². The van der Waals surface area contributed by atoms with Crippen molar-refractivity contribution in [2.45, 2.75) is 19.5 Å². The zero-order valence-electron chi connectivity index (χ0n) is 18.5. The van der Waals surface area contributed by atoms with E-state index in [1.54, 1.807) is 26.5 Å². The molecule has 1 saturated heterocycles. The van der Waals surface area contributed by atoms with Crippen molar-refractivity contribution >= 4 is 17.2 Å². The molecule has 2 unspecified atom stereocenters. The summed E-state index contributed by atoms with van der Waals surface area (Å²) in [5.74, 6) is 0.910. The van der Waals surface area contributed by atoms with E-state index in [1.165, 1.54) is 35.1 Å². The van der Waals surface area contributed by atoms with Gasteiger partial charge in [-0.15, -0.1) is 24.5 Å². The fourth-order valence-electron chi connectivity index (χ4n) is 4.96. The Labute approximate surface area is 198 Å². The molecule has 3 aromatic rings. The standard InChI is InChI=1S/C23H24F3N5O2S/c1-29-7-16(6-28-29)8-30-10-18-19(11-30)20(18)12-31(22(32)21-13-34-14-27-21)9-15-3-2-4-17(5-15)33-23(24,25)26/h2-7,13-14,18-20H,8-12H2,1H3. The van der Waals surface area contributed by atoms with Crippen LogP contribution in [-0.4, -0.2) is 56.5 Å². The number of aromatic nitrogens is 3. The van der Waals surface area contributed by atoms with Crippen LogP contribution in [-0.2, 0) is 20.1 Å². The summed E-state index contributed by atoms with van der Waals surface area (Å²) in [6.45, 7) is 3.55. The predicted molar refractivity (Wildman–Crippen MR) is 119 cm³/mol. The van der Waals surface area contributed by atoms with Gasteiger partial charge in [0.1, 0.15) is 11.4 Å². The fourth-order valence-corrected chi connectivity index (χ4v) is 5.49. The summed E-state index contributed by atoms with van der Waals surface area (Å²) >= 11 is 1.34. The molecule has 3 heterocycles. The number of alkyl halides is 3. The van der Waals surface area contributed by atoms with Gasteiger partial charge in [-0.25, -0.2) is 4.98 Å². The molecule has 0 N–H and O–H groups in total. The van der Waals surface area contributed by atoms with E-state index in [1.807, 2.05) is 19.4 Å². The maximum atomic E-state index is 13.2. The highest BCUT2D eigenvalue weighted by atomic mass is 32.1. The van der Waals surface area contributed by atoms with Gasteiger partial charge in [-0.3, -0.25) is 14.4 Å². The van der Waals surface area contributed by atoms with Crippen molar-refractivity contribution in [2.24, 2.45) is 24.8 Å². The molecule has 5 rings (SSSR count). The van der Waals surface area contributed by atoms with Gasteiger partial charge in [0.25, 0.3) is 5.91 Å². The quantitative estimate of drug-likeness (QED) is 0.480. The number of likely N-dealkylation sites (tertiary alicyclic amines) is 1. The molecule has 2 aromatic heterocycles. The van der Waals surface area contributed by atoms with Crippen molar-refractivity contribution < 1.29 is 22.7 Å². The van der Waals surface area contributed by atoms with Crippen LogP contribution < -0.4 is 4.74 Å². The van der Waals surface area contributed by atoms with Crippen molar-refractivity contribution in [2.75, 3.05) is 19.6 Å². The number of halogens is 3. The highest BCUT2D eigenvalue weighted by molar-refractivity contribution is 7.07. The summed E-state index contributed by atoms with van der Waals surface area (Å²) < 4.78 is 43.7. The lowest BCUT2D eigenvalue weighted by Gasteiger charge is -2.25. The SMILES string of the molecule is Cn1cc(CN2CC3C(C2)C3CN(Cc2cccc(OC(F)(F)F)c2)C(=O)c2cscn2)cn1. The lowest BCUT2D eigenvalue weighted by Crippen LogP contribution is -2.35. The largest absolute Gasteiger partial charge is 0.573 e. The maximum Gasteiger partial charge on any atom is 0.573 e. The molecule has 1 amide bonds. The summed E-state index contributed by atoms with van der Waals surface area (Å²) in [5, 5.41) is 5.92. The molecule has 2 atom stereocenters. The molecule has 180 valence electrons. The Morgan fingerprint density at radius 2 is 2.06 bits per heavy atom. The molecule has 7 nitrogen and oxygen atoms in total. The molecule has 34 heavy (non-hydrogen) atoms. The number of ether oxygens (including phenoxy) is 1. The second-order valence-electron chi connectivity index (χ2n) is 8.96. The first-order chi connectivity index (χ1) is 16.2.